The van der Waals surface area contributed by atoms with Gasteiger partial charge in [-0.1, -0.05) is 0 Å². The molecule has 0 fully saturated rings. The van der Waals surface area contributed by atoms with Gasteiger partial charge >= 0.3 is 0 Å². The van der Waals surface area contributed by atoms with E-state index in [1.807, 2.05) is 10.1 Å². The number of rotatable bonds is 5. The average molecular weight is 320 g/mol. The summed E-state index contributed by atoms with van der Waals surface area (Å²) in [6.07, 6.45) is 4.02. The van der Waals surface area contributed by atoms with Crippen LogP contribution in [0.15, 0.2) is 11.7 Å². The maximum absolute atomic E-state index is 11.7. The van der Waals surface area contributed by atoms with E-state index in [4.69, 9.17) is 0 Å². The first-order valence-corrected chi connectivity index (χ1v) is 8.23. The van der Waals surface area contributed by atoms with Crippen molar-refractivity contribution in [3.05, 3.63) is 28.2 Å². The number of carbonyl (C=O) groups is 1. The number of likely N-dealkylation sites (N-methyl/N-ethyl adjacent to an activating group) is 1. The molecule has 0 aliphatic carbocycles. The van der Waals surface area contributed by atoms with E-state index in [1.54, 1.807) is 36.7 Å². The number of carbonyl (C=O) groups excluding carboxylic acids is 1. The van der Waals surface area contributed by atoms with Crippen molar-refractivity contribution in [3.8, 4) is 0 Å². The van der Waals surface area contributed by atoms with Crippen molar-refractivity contribution < 1.29 is 4.79 Å². The van der Waals surface area contributed by atoms with E-state index in [-0.39, 0.29) is 5.91 Å². The molecule has 118 valence electrons. The van der Waals surface area contributed by atoms with Crippen LogP contribution in [-0.4, -0.2) is 50.7 Å². The minimum atomic E-state index is 0.0832. The predicted octanol–water partition coefficient (Wildman–Crippen LogP) is 0.470. The summed E-state index contributed by atoms with van der Waals surface area (Å²) in [5.41, 5.74) is 0.996. The lowest BCUT2D eigenvalue weighted by atomic mass is 10.1. The van der Waals surface area contributed by atoms with Gasteiger partial charge < -0.3 is 10.2 Å². The van der Waals surface area contributed by atoms with Gasteiger partial charge in [-0.05, 0) is 6.42 Å². The molecule has 1 aliphatic heterocycles. The van der Waals surface area contributed by atoms with Crippen molar-refractivity contribution in [2.75, 3.05) is 14.1 Å². The monoisotopic (exact) mass is 320 g/mol. The molecule has 0 radical (unpaired) electrons. The molecule has 8 heteroatoms. The number of aromatic nitrogens is 4. The zero-order valence-corrected chi connectivity index (χ0v) is 13.6. The summed E-state index contributed by atoms with van der Waals surface area (Å²) in [4.78, 5) is 22.0. The molecular weight excluding hydrogens is 300 g/mol. The first-order valence-electron chi connectivity index (χ1n) is 7.35. The Bertz CT molecular complexity index is 649. The van der Waals surface area contributed by atoms with Crippen LogP contribution < -0.4 is 5.32 Å². The Morgan fingerprint density at radius 1 is 1.55 bits per heavy atom. The summed E-state index contributed by atoms with van der Waals surface area (Å²) in [6.45, 7) is 1.58. The Morgan fingerprint density at radius 3 is 3.23 bits per heavy atom. The minimum absolute atomic E-state index is 0.0832. The summed E-state index contributed by atoms with van der Waals surface area (Å²) in [6, 6.07) is 0.391. The smallest absolute Gasteiger partial charge is 0.228 e. The summed E-state index contributed by atoms with van der Waals surface area (Å²) in [5, 5.41) is 10.6. The first kappa shape index (κ1) is 15.1. The van der Waals surface area contributed by atoms with Crippen molar-refractivity contribution in [2.45, 2.75) is 38.4 Å². The highest BCUT2D eigenvalue weighted by Gasteiger charge is 2.19. The van der Waals surface area contributed by atoms with Gasteiger partial charge in [-0.3, -0.25) is 4.79 Å². The van der Waals surface area contributed by atoms with Gasteiger partial charge in [0.05, 0.1) is 18.7 Å². The normalized spacial score (nSPS) is 17.3. The molecule has 22 heavy (non-hydrogen) atoms. The maximum Gasteiger partial charge on any atom is 0.228 e. The summed E-state index contributed by atoms with van der Waals surface area (Å²) in [7, 11) is 3.53. The topological polar surface area (TPSA) is 75.9 Å². The van der Waals surface area contributed by atoms with Gasteiger partial charge in [0, 0.05) is 38.5 Å². The maximum atomic E-state index is 11.7. The quantitative estimate of drug-likeness (QED) is 0.867. The van der Waals surface area contributed by atoms with E-state index in [2.05, 4.69) is 20.4 Å². The van der Waals surface area contributed by atoms with Crippen molar-refractivity contribution in [2.24, 2.45) is 0 Å². The molecular formula is C14H20N6OS. The lowest BCUT2D eigenvalue weighted by Crippen LogP contribution is -2.37. The molecule has 0 unspecified atom stereocenters. The van der Waals surface area contributed by atoms with E-state index in [0.717, 1.165) is 42.5 Å². The second-order valence-electron chi connectivity index (χ2n) is 5.67. The van der Waals surface area contributed by atoms with Gasteiger partial charge in [0.1, 0.15) is 17.2 Å². The van der Waals surface area contributed by atoms with Crippen molar-refractivity contribution >= 4 is 17.2 Å². The van der Waals surface area contributed by atoms with E-state index in [9.17, 15) is 4.79 Å². The zero-order chi connectivity index (χ0) is 15.5. The van der Waals surface area contributed by atoms with Crippen LogP contribution in [0.5, 0.6) is 0 Å². The SMILES string of the molecule is CN(C)C(=O)Cc1nc(CN[C@@H]2CCc3ncnn3C2)cs1. The predicted molar refractivity (Wildman–Crippen MR) is 83.5 cm³/mol. The molecule has 2 aromatic rings. The van der Waals surface area contributed by atoms with Crippen LogP contribution in [0, 0.1) is 0 Å². The van der Waals surface area contributed by atoms with Gasteiger partial charge in [0.25, 0.3) is 0 Å². The lowest BCUT2D eigenvalue weighted by Gasteiger charge is -2.23. The van der Waals surface area contributed by atoms with Crippen LogP contribution in [0.1, 0.15) is 22.9 Å². The Labute approximate surface area is 133 Å². The highest BCUT2D eigenvalue weighted by molar-refractivity contribution is 7.09. The van der Waals surface area contributed by atoms with E-state index >= 15 is 0 Å². The fourth-order valence-electron chi connectivity index (χ4n) is 2.45. The summed E-state index contributed by atoms with van der Waals surface area (Å²) >= 11 is 1.55. The Kier molecular flexibility index (Phi) is 4.49. The van der Waals surface area contributed by atoms with Crippen molar-refractivity contribution in [1.29, 1.82) is 0 Å². The molecule has 3 rings (SSSR count). The summed E-state index contributed by atoms with van der Waals surface area (Å²) < 4.78 is 1.96. The van der Waals surface area contributed by atoms with Gasteiger partial charge in [-0.15, -0.1) is 11.3 Å². The van der Waals surface area contributed by atoms with E-state index in [0.29, 0.717) is 12.5 Å². The number of hydrogen-bond acceptors (Lipinski definition) is 6. The largest absolute Gasteiger partial charge is 0.348 e. The Balaban J connectivity index is 1.50. The van der Waals surface area contributed by atoms with Gasteiger partial charge in [0.15, 0.2) is 0 Å². The molecule has 3 heterocycles. The highest BCUT2D eigenvalue weighted by Crippen LogP contribution is 2.14. The fraction of sp³-hybridized carbons (Fsp3) is 0.571. The molecule has 1 atom stereocenters. The number of hydrogen-bond donors (Lipinski definition) is 1. The first-order chi connectivity index (χ1) is 10.6. The third-order valence-electron chi connectivity index (χ3n) is 3.78. The van der Waals surface area contributed by atoms with Crippen LogP contribution in [0.25, 0.3) is 0 Å². The number of fused-ring (bicyclic) bond motifs is 1. The van der Waals surface area contributed by atoms with Gasteiger partial charge in [-0.25, -0.2) is 14.6 Å². The second kappa shape index (κ2) is 6.53. The third kappa shape index (κ3) is 3.50. The average Bonchev–Trinajstić information content (AvgIpc) is 3.13. The Morgan fingerprint density at radius 2 is 2.41 bits per heavy atom. The third-order valence-corrected chi connectivity index (χ3v) is 4.68. The molecule has 1 amide bonds. The van der Waals surface area contributed by atoms with Gasteiger partial charge in [0.2, 0.25) is 5.91 Å². The van der Waals surface area contributed by atoms with Crippen molar-refractivity contribution in [1.82, 2.24) is 30.0 Å². The highest BCUT2D eigenvalue weighted by atomic mass is 32.1. The zero-order valence-electron chi connectivity index (χ0n) is 12.8. The molecule has 0 saturated heterocycles. The molecule has 1 aliphatic rings. The molecule has 0 bridgehead atoms. The minimum Gasteiger partial charge on any atom is -0.348 e. The lowest BCUT2D eigenvalue weighted by molar-refractivity contribution is -0.127. The molecule has 7 nitrogen and oxygen atoms in total. The molecule has 2 aromatic heterocycles. The number of aryl methyl sites for hydroxylation is 1. The van der Waals surface area contributed by atoms with Crippen LogP contribution in [0.4, 0.5) is 0 Å². The molecule has 0 saturated carbocycles. The summed E-state index contributed by atoms with van der Waals surface area (Å²) in [5.74, 6) is 1.15. The van der Waals surface area contributed by atoms with Crippen LogP contribution in [0.2, 0.25) is 0 Å². The van der Waals surface area contributed by atoms with E-state index in [1.165, 1.54) is 0 Å². The number of thiazole rings is 1. The fourth-order valence-corrected chi connectivity index (χ4v) is 3.24. The van der Waals surface area contributed by atoms with Crippen molar-refractivity contribution in [3.63, 3.8) is 0 Å². The van der Waals surface area contributed by atoms with Gasteiger partial charge in [-0.2, -0.15) is 5.10 Å². The standard InChI is InChI=1S/C14H20N6OS/c1-19(2)14(21)5-13-18-11(8-22-13)6-15-10-3-4-12-16-9-17-20(12)7-10/h8-10,15H,3-7H2,1-2H3/t10-/m1/s1. The molecule has 0 aromatic carbocycles. The van der Waals surface area contributed by atoms with Crippen LogP contribution in [0.3, 0.4) is 0 Å². The molecule has 1 N–H and O–H groups in total. The number of nitrogens with one attached hydrogen (secondary N) is 1. The number of amides is 1. The van der Waals surface area contributed by atoms with E-state index < -0.39 is 0 Å². The molecule has 0 spiro atoms. The number of nitrogens with zero attached hydrogens (tertiary/aromatic N) is 5. The van der Waals surface area contributed by atoms with Crippen LogP contribution >= 0.6 is 11.3 Å². The Hall–Kier alpha value is -1.80. The second-order valence-corrected chi connectivity index (χ2v) is 6.62. The van der Waals surface area contributed by atoms with Crippen LogP contribution in [-0.2, 0) is 30.7 Å².